The van der Waals surface area contributed by atoms with E-state index in [4.69, 9.17) is 0 Å². The van der Waals surface area contributed by atoms with Crippen molar-refractivity contribution < 1.29 is 9.59 Å². The van der Waals surface area contributed by atoms with E-state index in [0.29, 0.717) is 49.9 Å². The van der Waals surface area contributed by atoms with Gasteiger partial charge in [0.15, 0.2) is 0 Å². The summed E-state index contributed by atoms with van der Waals surface area (Å²) in [7, 11) is 5.22. The maximum atomic E-state index is 13.6. The molecule has 31 heavy (non-hydrogen) atoms. The van der Waals surface area contributed by atoms with Crippen LogP contribution in [0.4, 0.5) is 11.4 Å². The predicted molar refractivity (Wildman–Crippen MR) is 118 cm³/mol. The van der Waals surface area contributed by atoms with Gasteiger partial charge in [-0.25, -0.2) is 9.69 Å². The van der Waals surface area contributed by atoms with Gasteiger partial charge in [0.25, 0.3) is 11.8 Å². The number of nitrogens with zero attached hydrogens (tertiary/aromatic N) is 4. The number of nitriles is 1. The fraction of sp³-hybridized carbons (Fsp3) is 0.130. The van der Waals surface area contributed by atoms with Crippen LogP contribution in [0.15, 0.2) is 47.3 Å². The van der Waals surface area contributed by atoms with E-state index in [-0.39, 0.29) is 5.69 Å². The van der Waals surface area contributed by atoms with Crippen LogP contribution in [0, 0.1) is 11.3 Å². The molecule has 0 fully saturated rings. The lowest BCUT2D eigenvalue weighted by Gasteiger charge is -2.30. The Labute approximate surface area is 176 Å². The Morgan fingerprint density at radius 1 is 1.00 bits per heavy atom. The van der Waals surface area contributed by atoms with E-state index in [9.17, 15) is 19.6 Å². The van der Waals surface area contributed by atoms with Gasteiger partial charge in [-0.3, -0.25) is 14.2 Å². The van der Waals surface area contributed by atoms with Crippen molar-refractivity contribution in [3.8, 4) is 6.07 Å². The van der Waals surface area contributed by atoms with Gasteiger partial charge >= 0.3 is 5.69 Å². The molecule has 3 aromatic carbocycles. The second-order valence-electron chi connectivity index (χ2n) is 7.73. The van der Waals surface area contributed by atoms with E-state index in [1.54, 1.807) is 62.4 Å². The Morgan fingerprint density at radius 2 is 1.74 bits per heavy atom. The average molecular weight is 411 g/mol. The summed E-state index contributed by atoms with van der Waals surface area (Å²) in [5, 5.41) is 10.6. The number of nitrogens with one attached hydrogen (secondary N) is 1. The third kappa shape index (κ3) is 2.50. The lowest BCUT2D eigenvalue weighted by Crippen LogP contribution is -2.41. The number of hydrogen-bond donors (Lipinski definition) is 1. The number of aromatic nitrogens is 2. The highest BCUT2D eigenvalue weighted by molar-refractivity contribution is 6.36. The molecule has 0 spiro atoms. The van der Waals surface area contributed by atoms with Crippen LogP contribution in [0.2, 0.25) is 0 Å². The number of carbonyl (C=O) groups is 2. The first-order valence-electron chi connectivity index (χ1n) is 9.57. The van der Waals surface area contributed by atoms with Crippen LogP contribution in [0.3, 0.4) is 0 Å². The van der Waals surface area contributed by atoms with Crippen molar-refractivity contribution in [3.63, 3.8) is 0 Å². The first-order chi connectivity index (χ1) is 14.8. The smallest absolute Gasteiger partial charge is 0.326 e. The number of carbonyl (C=O) groups excluding carboxylic acids is 2. The zero-order chi connectivity index (χ0) is 22.0. The van der Waals surface area contributed by atoms with E-state index in [1.807, 2.05) is 0 Å². The molecule has 0 saturated carbocycles. The minimum atomic E-state index is -0.506. The Balaban J connectivity index is 1.83. The number of H-pyrrole nitrogens is 1. The zero-order valence-electron chi connectivity index (χ0n) is 17.1. The number of hydrogen-bond acceptors (Lipinski definition) is 5. The molecule has 1 aliphatic rings. The highest BCUT2D eigenvalue weighted by Gasteiger charge is 2.36. The van der Waals surface area contributed by atoms with Crippen LogP contribution in [0.25, 0.3) is 21.8 Å². The Hall–Kier alpha value is -4.38. The quantitative estimate of drug-likeness (QED) is 0.511. The molecule has 8 heteroatoms. The summed E-state index contributed by atoms with van der Waals surface area (Å²) in [4.78, 5) is 44.9. The van der Waals surface area contributed by atoms with E-state index in [2.05, 4.69) is 11.1 Å². The summed E-state index contributed by atoms with van der Waals surface area (Å²) in [6.07, 6.45) is 0. The highest BCUT2D eigenvalue weighted by atomic mass is 16.2. The molecule has 1 aromatic heterocycles. The summed E-state index contributed by atoms with van der Waals surface area (Å²) < 4.78 is 1.43. The number of aromatic amines is 1. The molecule has 0 radical (unpaired) electrons. The van der Waals surface area contributed by atoms with Gasteiger partial charge in [0, 0.05) is 32.1 Å². The molecule has 0 bridgehead atoms. The molecule has 5 rings (SSSR count). The molecule has 0 saturated heterocycles. The summed E-state index contributed by atoms with van der Waals surface area (Å²) in [5.41, 5.74) is 2.89. The fourth-order valence-corrected chi connectivity index (χ4v) is 4.18. The van der Waals surface area contributed by atoms with E-state index in [1.165, 1.54) is 10.6 Å². The molecular formula is C23H17N5O3. The van der Waals surface area contributed by atoms with Crippen molar-refractivity contribution in [2.75, 3.05) is 23.9 Å². The van der Waals surface area contributed by atoms with Crippen LogP contribution in [0.1, 0.15) is 26.3 Å². The van der Waals surface area contributed by atoms with Gasteiger partial charge in [-0.15, -0.1) is 0 Å². The topological polar surface area (TPSA) is 102 Å². The lowest BCUT2D eigenvalue weighted by atomic mass is 9.92. The molecule has 0 aliphatic carbocycles. The molecular weight excluding hydrogens is 394 g/mol. The normalized spacial score (nSPS) is 13.2. The number of aryl methyl sites for hydroxylation is 1. The van der Waals surface area contributed by atoms with E-state index >= 15 is 0 Å². The summed E-state index contributed by atoms with van der Waals surface area (Å²) >= 11 is 0. The van der Waals surface area contributed by atoms with E-state index < -0.39 is 11.8 Å². The molecule has 0 atom stereocenters. The van der Waals surface area contributed by atoms with Crippen LogP contribution >= 0.6 is 0 Å². The second kappa shape index (κ2) is 6.31. The third-order valence-corrected chi connectivity index (χ3v) is 5.70. The van der Waals surface area contributed by atoms with Crippen molar-refractivity contribution in [3.05, 3.63) is 69.6 Å². The van der Waals surface area contributed by atoms with Crippen LogP contribution in [0.5, 0.6) is 0 Å². The maximum Gasteiger partial charge on any atom is 0.326 e. The minimum Gasteiger partial charge on any atom is -0.376 e. The molecule has 8 nitrogen and oxygen atoms in total. The molecule has 2 amide bonds. The molecule has 1 aliphatic heterocycles. The largest absolute Gasteiger partial charge is 0.376 e. The van der Waals surface area contributed by atoms with Crippen LogP contribution in [-0.4, -0.2) is 35.5 Å². The van der Waals surface area contributed by atoms with Crippen molar-refractivity contribution >= 4 is 45.0 Å². The standard InChI is InChI=1S/C23H17N5O3/c1-26(2)18-9-16-17(27(3)23(31)25-16)10-19(18)28-21(29)14-6-4-5-13-7-12(11-24)8-15(20(13)14)22(28)30/h4-10H,1-3H3,(H,25,31). The molecule has 0 unspecified atom stereocenters. The molecule has 4 aromatic rings. The average Bonchev–Trinajstić information content (AvgIpc) is 3.04. The first kappa shape index (κ1) is 18.6. The summed E-state index contributed by atoms with van der Waals surface area (Å²) in [6.45, 7) is 0. The summed E-state index contributed by atoms with van der Waals surface area (Å²) in [6, 6.07) is 13.9. The fourth-order valence-electron chi connectivity index (χ4n) is 4.18. The van der Waals surface area contributed by atoms with E-state index in [0.717, 1.165) is 4.90 Å². The van der Waals surface area contributed by atoms with Gasteiger partial charge in [-0.2, -0.15) is 5.26 Å². The van der Waals surface area contributed by atoms with Gasteiger partial charge in [0.05, 0.1) is 39.6 Å². The number of imidazole rings is 1. The monoisotopic (exact) mass is 411 g/mol. The second-order valence-corrected chi connectivity index (χ2v) is 7.73. The van der Waals surface area contributed by atoms with Crippen LogP contribution < -0.4 is 15.5 Å². The lowest BCUT2D eigenvalue weighted by molar-refractivity contribution is 0.0893. The number of benzene rings is 3. The van der Waals surface area contributed by atoms with Gasteiger partial charge in [0.2, 0.25) is 0 Å². The third-order valence-electron chi connectivity index (χ3n) is 5.70. The SMILES string of the molecule is CN(C)c1cc2[nH]c(=O)n(C)c2cc1N1C(=O)c2cccc3cc(C#N)cc(c23)C1=O. The molecule has 1 N–H and O–H groups in total. The van der Waals surface area contributed by atoms with Crippen LogP contribution in [-0.2, 0) is 7.05 Å². The van der Waals surface area contributed by atoms with Crippen molar-refractivity contribution in [1.82, 2.24) is 9.55 Å². The van der Waals surface area contributed by atoms with Gasteiger partial charge in [-0.1, -0.05) is 12.1 Å². The predicted octanol–water partition coefficient (Wildman–Crippen LogP) is 2.76. The number of imide groups is 1. The number of amides is 2. The first-order valence-corrected chi connectivity index (χ1v) is 9.57. The van der Waals surface area contributed by atoms with Gasteiger partial charge in [-0.05, 0) is 35.7 Å². The Morgan fingerprint density at radius 3 is 2.45 bits per heavy atom. The van der Waals surface area contributed by atoms with Crippen molar-refractivity contribution in [2.24, 2.45) is 7.05 Å². The number of anilines is 2. The number of rotatable bonds is 2. The van der Waals surface area contributed by atoms with Crippen molar-refractivity contribution in [1.29, 1.82) is 5.26 Å². The minimum absolute atomic E-state index is 0.290. The number of fused-ring (bicyclic) bond motifs is 1. The van der Waals surface area contributed by atoms with Gasteiger partial charge < -0.3 is 9.88 Å². The summed E-state index contributed by atoms with van der Waals surface area (Å²) in [5.74, 6) is -0.954. The van der Waals surface area contributed by atoms with Crippen molar-refractivity contribution in [2.45, 2.75) is 0 Å². The Kier molecular flexibility index (Phi) is 3.79. The molecule has 2 heterocycles. The maximum absolute atomic E-state index is 13.6. The molecule has 152 valence electrons. The van der Waals surface area contributed by atoms with Gasteiger partial charge in [0.1, 0.15) is 0 Å². The zero-order valence-corrected chi connectivity index (χ0v) is 17.1. The highest BCUT2D eigenvalue weighted by Crippen LogP contribution is 2.38. The Bertz CT molecular complexity index is 1550.